The third kappa shape index (κ3) is 6.20. The molecule has 0 unspecified atom stereocenters. The van der Waals surface area contributed by atoms with E-state index in [2.05, 4.69) is 10.3 Å². The molecule has 2 aromatic carbocycles. The number of carbonyl (C=O) groups is 2. The first-order chi connectivity index (χ1) is 17.7. The highest BCUT2D eigenvalue weighted by Crippen LogP contribution is 2.39. The second kappa shape index (κ2) is 11.2. The Balaban J connectivity index is 1.72. The zero-order valence-corrected chi connectivity index (χ0v) is 22.2. The van der Waals surface area contributed by atoms with Crippen molar-refractivity contribution < 1.29 is 23.8 Å². The molecule has 0 bridgehead atoms. The number of nitrogens with zero attached hydrogens (tertiary/aromatic N) is 2. The largest absolute Gasteiger partial charge is 0.495 e. The Morgan fingerprint density at radius 2 is 1.84 bits per heavy atom. The summed E-state index contributed by atoms with van der Waals surface area (Å²) in [5, 5.41) is 4.83. The van der Waals surface area contributed by atoms with Crippen molar-refractivity contribution in [3.63, 3.8) is 0 Å². The molecule has 1 aromatic heterocycles. The average molecular weight is 506 g/mol. The molecule has 196 valence electrons. The zero-order chi connectivity index (χ0) is 26.6. The van der Waals surface area contributed by atoms with Gasteiger partial charge in [-0.3, -0.25) is 9.69 Å². The van der Waals surface area contributed by atoms with Crippen LogP contribution < -0.4 is 15.0 Å². The van der Waals surface area contributed by atoms with E-state index in [9.17, 15) is 9.59 Å². The summed E-state index contributed by atoms with van der Waals surface area (Å²) in [7, 11) is 1.58. The van der Waals surface area contributed by atoms with Crippen LogP contribution >= 0.6 is 0 Å². The van der Waals surface area contributed by atoms with Gasteiger partial charge in [-0.15, -0.1) is 0 Å². The minimum absolute atomic E-state index is 0.0929. The molecule has 0 radical (unpaired) electrons. The fourth-order valence-electron chi connectivity index (χ4n) is 4.41. The van der Waals surface area contributed by atoms with E-state index in [1.165, 1.54) is 0 Å². The summed E-state index contributed by atoms with van der Waals surface area (Å²) >= 11 is 0. The standard InChI is InChI=1S/C29H35N3O5/c1-6-32(28(34)37-29(2,3)4)26-22-18-20(11-10-19(22)12-13-25(26)35-5)23-8-7-9-24(31-23)27(33)30-21-14-16-36-17-15-21/h7-13,18,21H,6,14-17H2,1-5H3,(H,30,33). The third-order valence-corrected chi connectivity index (χ3v) is 6.21. The second-order valence-electron chi connectivity index (χ2n) is 10.0. The summed E-state index contributed by atoms with van der Waals surface area (Å²) in [5.41, 5.74) is 1.84. The van der Waals surface area contributed by atoms with E-state index in [-0.39, 0.29) is 11.9 Å². The van der Waals surface area contributed by atoms with Gasteiger partial charge >= 0.3 is 6.09 Å². The second-order valence-corrected chi connectivity index (χ2v) is 10.0. The quantitative estimate of drug-likeness (QED) is 0.470. The monoisotopic (exact) mass is 505 g/mol. The van der Waals surface area contributed by atoms with Crippen molar-refractivity contribution in [3.05, 3.63) is 54.2 Å². The molecule has 0 aliphatic carbocycles. The van der Waals surface area contributed by atoms with Crippen LogP contribution in [0.4, 0.5) is 10.5 Å². The topological polar surface area (TPSA) is 90.0 Å². The molecule has 2 heterocycles. The maximum Gasteiger partial charge on any atom is 0.414 e. The molecule has 8 nitrogen and oxygen atoms in total. The van der Waals surface area contributed by atoms with E-state index in [4.69, 9.17) is 14.2 Å². The first-order valence-electron chi connectivity index (χ1n) is 12.7. The predicted octanol–water partition coefficient (Wildman–Crippen LogP) is 5.58. The highest BCUT2D eigenvalue weighted by atomic mass is 16.6. The van der Waals surface area contributed by atoms with Gasteiger partial charge in [0.05, 0.1) is 18.5 Å². The molecular formula is C29H35N3O5. The molecular weight excluding hydrogens is 470 g/mol. The van der Waals surface area contributed by atoms with Crippen LogP contribution in [0.2, 0.25) is 0 Å². The molecule has 3 aromatic rings. The van der Waals surface area contributed by atoms with Crippen LogP contribution in [-0.4, -0.2) is 55.5 Å². The number of pyridine rings is 1. The smallest absolute Gasteiger partial charge is 0.414 e. The first-order valence-corrected chi connectivity index (χ1v) is 12.7. The predicted molar refractivity (Wildman–Crippen MR) is 144 cm³/mol. The molecule has 1 N–H and O–H groups in total. The van der Waals surface area contributed by atoms with E-state index in [0.29, 0.717) is 42.6 Å². The fraction of sp³-hybridized carbons (Fsp3) is 0.414. The lowest BCUT2D eigenvalue weighted by Gasteiger charge is -2.28. The highest BCUT2D eigenvalue weighted by molar-refractivity contribution is 6.05. The number of benzene rings is 2. The maximum absolute atomic E-state index is 13.1. The van der Waals surface area contributed by atoms with Crippen molar-refractivity contribution in [3.8, 4) is 17.0 Å². The minimum atomic E-state index is -0.636. The Bertz CT molecular complexity index is 1280. The van der Waals surface area contributed by atoms with Gasteiger partial charge in [0.15, 0.2) is 0 Å². The molecule has 2 amide bonds. The summed E-state index contributed by atoms with van der Waals surface area (Å²) in [4.78, 5) is 32.2. The number of anilines is 1. The number of ether oxygens (including phenoxy) is 3. The lowest BCUT2D eigenvalue weighted by Crippen LogP contribution is -2.39. The van der Waals surface area contributed by atoms with Crippen LogP contribution in [0, 0.1) is 0 Å². The van der Waals surface area contributed by atoms with Crippen molar-refractivity contribution in [2.45, 2.75) is 52.2 Å². The number of hydrogen-bond donors (Lipinski definition) is 1. The van der Waals surface area contributed by atoms with Gasteiger partial charge < -0.3 is 19.5 Å². The van der Waals surface area contributed by atoms with Crippen molar-refractivity contribution in [1.29, 1.82) is 0 Å². The van der Waals surface area contributed by atoms with E-state index >= 15 is 0 Å². The molecule has 1 aliphatic heterocycles. The summed E-state index contributed by atoms with van der Waals surface area (Å²) in [6.45, 7) is 9.12. The fourth-order valence-corrected chi connectivity index (χ4v) is 4.41. The molecule has 37 heavy (non-hydrogen) atoms. The molecule has 0 spiro atoms. The van der Waals surface area contributed by atoms with Crippen LogP contribution in [-0.2, 0) is 9.47 Å². The zero-order valence-electron chi connectivity index (χ0n) is 22.2. The van der Waals surface area contributed by atoms with Crippen molar-refractivity contribution in [2.75, 3.05) is 31.8 Å². The Morgan fingerprint density at radius 3 is 2.51 bits per heavy atom. The summed E-state index contributed by atoms with van der Waals surface area (Å²) in [5.74, 6) is 0.369. The lowest BCUT2D eigenvalue weighted by atomic mass is 10.0. The number of fused-ring (bicyclic) bond motifs is 1. The van der Waals surface area contributed by atoms with Crippen LogP contribution in [0.3, 0.4) is 0 Å². The van der Waals surface area contributed by atoms with Gasteiger partial charge in [0.25, 0.3) is 5.91 Å². The van der Waals surface area contributed by atoms with Gasteiger partial charge in [-0.1, -0.05) is 24.3 Å². The van der Waals surface area contributed by atoms with Gasteiger partial charge in [0, 0.05) is 36.8 Å². The lowest BCUT2D eigenvalue weighted by molar-refractivity contribution is 0.0581. The Labute approximate surface area is 217 Å². The van der Waals surface area contributed by atoms with E-state index < -0.39 is 11.7 Å². The number of aromatic nitrogens is 1. The molecule has 4 rings (SSSR count). The maximum atomic E-state index is 13.1. The number of amides is 2. The van der Waals surface area contributed by atoms with Gasteiger partial charge in [0.1, 0.15) is 17.0 Å². The summed E-state index contributed by atoms with van der Waals surface area (Å²) in [6.07, 6.45) is 1.15. The number of methoxy groups -OCH3 is 1. The van der Waals surface area contributed by atoms with Crippen LogP contribution in [0.25, 0.3) is 22.0 Å². The van der Waals surface area contributed by atoms with Crippen molar-refractivity contribution >= 4 is 28.5 Å². The van der Waals surface area contributed by atoms with Crippen LogP contribution in [0.15, 0.2) is 48.5 Å². The van der Waals surface area contributed by atoms with Crippen molar-refractivity contribution in [2.24, 2.45) is 0 Å². The van der Waals surface area contributed by atoms with E-state index in [0.717, 1.165) is 29.2 Å². The van der Waals surface area contributed by atoms with Crippen LogP contribution in [0.1, 0.15) is 51.0 Å². The average Bonchev–Trinajstić information content (AvgIpc) is 2.88. The minimum Gasteiger partial charge on any atom is -0.495 e. The molecule has 1 saturated heterocycles. The van der Waals surface area contributed by atoms with E-state index in [1.54, 1.807) is 18.1 Å². The first kappa shape index (κ1) is 26.4. The van der Waals surface area contributed by atoms with Crippen LogP contribution in [0.5, 0.6) is 5.75 Å². The van der Waals surface area contributed by atoms with Gasteiger partial charge in [0.2, 0.25) is 0 Å². The van der Waals surface area contributed by atoms with E-state index in [1.807, 2.05) is 70.2 Å². The molecule has 1 aliphatic rings. The van der Waals surface area contributed by atoms with Gasteiger partial charge in [-0.2, -0.15) is 0 Å². The number of hydrogen-bond acceptors (Lipinski definition) is 6. The molecule has 0 atom stereocenters. The normalized spacial score (nSPS) is 14.3. The summed E-state index contributed by atoms with van der Waals surface area (Å²) < 4.78 is 16.7. The number of rotatable bonds is 6. The summed E-state index contributed by atoms with van der Waals surface area (Å²) in [6, 6.07) is 15.2. The molecule has 1 fully saturated rings. The highest BCUT2D eigenvalue weighted by Gasteiger charge is 2.26. The Kier molecular flexibility index (Phi) is 7.97. The number of nitrogens with one attached hydrogen (secondary N) is 1. The Morgan fingerprint density at radius 1 is 1.11 bits per heavy atom. The van der Waals surface area contributed by atoms with Gasteiger partial charge in [-0.05, 0) is 70.2 Å². The molecule has 0 saturated carbocycles. The SMILES string of the molecule is CCN(C(=O)OC(C)(C)C)c1c(OC)ccc2ccc(-c3cccc(C(=O)NC4CCOCC4)n3)cc12. The molecule has 8 heteroatoms. The van der Waals surface area contributed by atoms with Gasteiger partial charge in [-0.25, -0.2) is 9.78 Å². The van der Waals surface area contributed by atoms with Crippen molar-refractivity contribution in [1.82, 2.24) is 10.3 Å². The Hall–Kier alpha value is -3.65. The third-order valence-electron chi connectivity index (χ3n) is 6.21. The number of carbonyl (C=O) groups excluding carboxylic acids is 2.